The van der Waals surface area contributed by atoms with Crippen LogP contribution in [0.3, 0.4) is 0 Å². The molecule has 3 N–H and O–H groups in total. The van der Waals surface area contributed by atoms with Crippen molar-refractivity contribution in [3.63, 3.8) is 0 Å². The number of halogens is 3. The van der Waals surface area contributed by atoms with Gasteiger partial charge in [0.15, 0.2) is 0 Å². The van der Waals surface area contributed by atoms with Gasteiger partial charge in [-0.25, -0.2) is 9.97 Å². The molecule has 3 heterocycles. The smallest absolute Gasteiger partial charge is 0.416 e. The Morgan fingerprint density at radius 1 is 1.11 bits per heavy atom. The van der Waals surface area contributed by atoms with E-state index in [0.717, 1.165) is 35.2 Å². The lowest BCUT2D eigenvalue weighted by Gasteiger charge is -2.15. The Morgan fingerprint density at radius 3 is 2.66 bits per heavy atom. The molecule has 10 heteroatoms. The van der Waals surface area contributed by atoms with Gasteiger partial charge in [0.2, 0.25) is 0 Å². The number of imidazole rings is 1. The van der Waals surface area contributed by atoms with Gasteiger partial charge in [-0.15, -0.1) is 0 Å². The summed E-state index contributed by atoms with van der Waals surface area (Å²) in [5, 5.41) is 6.54. The molecule has 0 saturated heterocycles. The fraction of sp³-hybridized carbons (Fsp3) is 0.321. The first-order chi connectivity index (χ1) is 18.4. The molecule has 1 saturated carbocycles. The third-order valence-corrected chi connectivity index (χ3v) is 6.86. The zero-order valence-electron chi connectivity index (χ0n) is 21.2. The Morgan fingerprint density at radius 2 is 1.92 bits per heavy atom. The highest BCUT2D eigenvalue weighted by atomic mass is 19.4. The summed E-state index contributed by atoms with van der Waals surface area (Å²) in [7, 11) is 1.77. The number of rotatable bonds is 7. The maximum Gasteiger partial charge on any atom is 0.416 e. The van der Waals surface area contributed by atoms with Crippen molar-refractivity contribution in [3.05, 3.63) is 71.2 Å². The number of alkyl halides is 3. The van der Waals surface area contributed by atoms with Crippen molar-refractivity contribution in [2.45, 2.75) is 50.7 Å². The molecule has 1 aliphatic heterocycles. The van der Waals surface area contributed by atoms with Crippen LogP contribution in [0.2, 0.25) is 0 Å². The normalized spacial score (nSPS) is 19.1. The number of H-pyrrole nitrogens is 1. The monoisotopic (exact) mass is 523 g/mol. The van der Waals surface area contributed by atoms with Crippen LogP contribution < -0.4 is 15.4 Å². The summed E-state index contributed by atoms with van der Waals surface area (Å²) in [6.07, 6.45) is -1.02. The van der Waals surface area contributed by atoms with Gasteiger partial charge in [-0.1, -0.05) is 13.8 Å². The number of nitrogens with zero attached hydrogens (tertiary/aromatic N) is 2. The molecule has 2 aromatic carbocycles. The van der Waals surface area contributed by atoms with Gasteiger partial charge in [-0.2, -0.15) is 13.2 Å². The van der Waals surface area contributed by atoms with Crippen LogP contribution in [0.5, 0.6) is 11.5 Å². The number of ether oxygens (including phenoxy) is 1. The lowest BCUT2D eigenvalue weighted by Crippen LogP contribution is -2.04. The number of benzene rings is 2. The summed E-state index contributed by atoms with van der Waals surface area (Å²) in [6.45, 7) is 4.00. The van der Waals surface area contributed by atoms with E-state index in [4.69, 9.17) is 4.74 Å². The van der Waals surface area contributed by atoms with Crippen molar-refractivity contribution in [1.82, 2.24) is 15.0 Å². The number of aromatic amines is 1. The number of anilines is 2. The van der Waals surface area contributed by atoms with Gasteiger partial charge in [-0.3, -0.25) is 0 Å². The second kappa shape index (κ2) is 10.00. The number of hydrogen-bond acceptors (Lipinski definition) is 6. The zero-order chi connectivity index (χ0) is 27.0. The van der Waals surface area contributed by atoms with E-state index < -0.39 is 11.7 Å². The fourth-order valence-corrected chi connectivity index (χ4v) is 5.13. The molecule has 4 aromatic rings. The van der Waals surface area contributed by atoms with E-state index in [9.17, 15) is 18.0 Å². The first-order valence-electron chi connectivity index (χ1n) is 12.6. The van der Waals surface area contributed by atoms with Crippen molar-refractivity contribution in [1.29, 1.82) is 0 Å². The second-order valence-corrected chi connectivity index (χ2v) is 9.02. The maximum absolute atomic E-state index is 13.1. The average Bonchev–Trinajstić information content (AvgIpc) is 3.26. The van der Waals surface area contributed by atoms with Crippen molar-refractivity contribution in [3.8, 4) is 11.5 Å². The highest BCUT2D eigenvalue weighted by Gasteiger charge is 2.58. The molecule has 38 heavy (non-hydrogen) atoms. The van der Waals surface area contributed by atoms with Crippen molar-refractivity contribution >= 4 is 28.8 Å². The first-order valence-corrected chi connectivity index (χ1v) is 12.6. The Balaban J connectivity index is 0.00000144. The predicted octanol–water partition coefficient (Wildman–Crippen LogP) is 6.64. The molecule has 0 spiro atoms. The summed E-state index contributed by atoms with van der Waals surface area (Å²) in [5.41, 5.74) is 3.11. The first kappa shape index (κ1) is 25.6. The lowest BCUT2D eigenvalue weighted by molar-refractivity contribution is -0.137. The number of hydrogen-bond donors (Lipinski definition) is 3. The van der Waals surface area contributed by atoms with Crippen LogP contribution in [0, 0.1) is 0 Å². The quantitative estimate of drug-likeness (QED) is 0.235. The molecule has 198 valence electrons. The molecular formula is C28H28F3N5O2. The lowest BCUT2D eigenvalue weighted by atomic mass is 10.1. The molecule has 0 radical (unpaired) electrons. The average molecular weight is 524 g/mol. The van der Waals surface area contributed by atoms with Gasteiger partial charge in [0, 0.05) is 48.8 Å². The molecule has 2 aliphatic rings. The summed E-state index contributed by atoms with van der Waals surface area (Å²) < 4.78 is 45.5. The maximum atomic E-state index is 13.1. The Kier molecular flexibility index (Phi) is 6.73. The molecule has 1 fully saturated rings. The van der Waals surface area contributed by atoms with Crippen LogP contribution in [0.4, 0.5) is 24.7 Å². The number of pyridine rings is 1. The summed E-state index contributed by atoms with van der Waals surface area (Å²) in [4.78, 5) is 22.9. The number of carbonyl (C=O) groups is 1. The molecule has 7 nitrogen and oxygen atoms in total. The zero-order valence-corrected chi connectivity index (χ0v) is 21.2. The largest absolute Gasteiger partial charge is 0.457 e. The topological polar surface area (TPSA) is 91.9 Å². The van der Waals surface area contributed by atoms with E-state index in [1.54, 1.807) is 19.3 Å². The van der Waals surface area contributed by atoms with Crippen LogP contribution in [0.1, 0.15) is 54.6 Å². The fourth-order valence-electron chi connectivity index (χ4n) is 5.13. The van der Waals surface area contributed by atoms with E-state index in [1.807, 2.05) is 32.0 Å². The molecular weight excluding hydrogens is 495 g/mol. The third kappa shape index (κ3) is 4.55. The Labute approximate surface area is 217 Å². The highest BCUT2D eigenvalue weighted by molar-refractivity contribution is 5.77. The summed E-state index contributed by atoms with van der Waals surface area (Å²) >= 11 is 0. The van der Waals surface area contributed by atoms with Gasteiger partial charge in [-0.05, 0) is 54.4 Å². The van der Waals surface area contributed by atoms with Crippen LogP contribution in [-0.4, -0.2) is 34.3 Å². The van der Waals surface area contributed by atoms with Crippen molar-refractivity contribution in [2.75, 3.05) is 17.7 Å². The minimum atomic E-state index is -4.40. The van der Waals surface area contributed by atoms with E-state index in [0.29, 0.717) is 47.0 Å². The third-order valence-electron chi connectivity index (χ3n) is 6.86. The number of aldehydes is 1. The van der Waals surface area contributed by atoms with Gasteiger partial charge >= 0.3 is 6.18 Å². The number of fused-ring (bicyclic) bond motifs is 4. The standard InChI is InChI=1S/C26H22F3N5O2.C2H6/c1-30-24-15(3-2-10-35)20(8-9-31-24)36-14-5-7-17-16(12-14)21-22(23(21)32-17)25-33-18-6-4-13(26(27,28)29)11-19(18)34-25;1-2/h4-12,21-23,32H,2-3H2,1H3,(H,30,31)(H,33,34);1-2H3/t21-,22-,23-;/m0./s1. The Hall–Kier alpha value is -4.08. The van der Waals surface area contributed by atoms with Crippen LogP contribution in [0.25, 0.3) is 11.0 Å². The van der Waals surface area contributed by atoms with Crippen LogP contribution in [0.15, 0.2) is 48.7 Å². The van der Waals surface area contributed by atoms with Gasteiger partial charge in [0.05, 0.1) is 16.6 Å². The second-order valence-electron chi connectivity index (χ2n) is 9.02. The molecule has 2 aromatic heterocycles. The number of aromatic nitrogens is 3. The summed E-state index contributed by atoms with van der Waals surface area (Å²) in [6, 6.07) is 11.3. The molecule has 6 rings (SSSR count). The van der Waals surface area contributed by atoms with E-state index in [-0.39, 0.29) is 17.9 Å². The van der Waals surface area contributed by atoms with Gasteiger partial charge in [0.1, 0.15) is 29.4 Å². The summed E-state index contributed by atoms with van der Waals surface area (Å²) in [5.74, 6) is 2.80. The van der Waals surface area contributed by atoms with E-state index in [1.165, 1.54) is 6.07 Å². The molecule has 1 aliphatic carbocycles. The van der Waals surface area contributed by atoms with Crippen LogP contribution >= 0.6 is 0 Å². The van der Waals surface area contributed by atoms with Gasteiger partial charge in [0.25, 0.3) is 0 Å². The number of nitrogens with one attached hydrogen (secondary N) is 3. The van der Waals surface area contributed by atoms with E-state index >= 15 is 0 Å². The predicted molar refractivity (Wildman–Crippen MR) is 140 cm³/mol. The minimum absolute atomic E-state index is 0.0365. The molecule has 0 amide bonds. The Bertz CT molecular complexity index is 1480. The molecule has 3 atom stereocenters. The molecule has 0 bridgehead atoms. The van der Waals surface area contributed by atoms with Crippen molar-refractivity contribution in [2.24, 2.45) is 0 Å². The van der Waals surface area contributed by atoms with Gasteiger partial charge < -0.3 is 25.1 Å². The SMILES string of the molecule is CC.CNc1nccc(Oc2ccc3c(c2)[C@@H]2[C@H](N3)[C@H]2c2nc3ccc(C(F)(F)F)cc3[nH]2)c1CCC=O. The van der Waals surface area contributed by atoms with E-state index in [2.05, 4.69) is 25.6 Å². The molecule has 0 unspecified atom stereocenters. The van der Waals surface area contributed by atoms with Crippen LogP contribution in [-0.2, 0) is 17.4 Å². The minimum Gasteiger partial charge on any atom is -0.457 e. The van der Waals surface area contributed by atoms with Crippen molar-refractivity contribution < 1.29 is 22.7 Å². The highest BCUT2D eigenvalue weighted by Crippen LogP contribution is 2.62. The number of carbonyl (C=O) groups excluding carboxylic acids is 1.